The monoisotopic (exact) mass is 261 g/mol. The zero-order chi connectivity index (χ0) is 13.2. The lowest BCUT2D eigenvalue weighted by Gasteiger charge is -2.23. The first-order valence-electron chi connectivity index (χ1n) is 7.36. The Hall–Kier alpha value is -1.36. The Bertz CT molecular complexity index is 447. The third kappa shape index (κ3) is 2.39. The van der Waals surface area contributed by atoms with Crippen molar-refractivity contribution >= 4 is 11.6 Å². The van der Waals surface area contributed by atoms with Crippen molar-refractivity contribution in [3.05, 3.63) is 11.9 Å². The molecule has 104 valence electrons. The lowest BCUT2D eigenvalue weighted by Crippen LogP contribution is -2.22. The van der Waals surface area contributed by atoms with E-state index in [-0.39, 0.29) is 0 Å². The van der Waals surface area contributed by atoms with Gasteiger partial charge < -0.3 is 10.7 Å². The summed E-state index contributed by atoms with van der Waals surface area (Å²) in [5.74, 6) is 9.92. The Balaban J connectivity index is 1.66. The molecule has 5 nitrogen and oxygen atoms in total. The molecule has 3 unspecified atom stereocenters. The fraction of sp³-hybridized carbons (Fsp3) is 0.714. The minimum atomic E-state index is 0.730. The zero-order valence-corrected chi connectivity index (χ0v) is 11.5. The summed E-state index contributed by atoms with van der Waals surface area (Å²) in [5, 5.41) is 3.52. The zero-order valence-electron chi connectivity index (χ0n) is 11.5. The summed E-state index contributed by atoms with van der Waals surface area (Å²) in [7, 11) is 0. The maximum atomic E-state index is 5.49. The third-order valence-electron chi connectivity index (χ3n) is 4.85. The number of fused-ring (bicyclic) bond motifs is 2. The molecule has 2 saturated carbocycles. The van der Waals surface area contributed by atoms with Gasteiger partial charge in [0.25, 0.3) is 0 Å². The first-order valence-corrected chi connectivity index (χ1v) is 7.36. The van der Waals surface area contributed by atoms with E-state index < -0.39 is 0 Å². The fourth-order valence-electron chi connectivity index (χ4n) is 3.88. The molecule has 4 N–H and O–H groups in total. The van der Waals surface area contributed by atoms with Gasteiger partial charge in [0.1, 0.15) is 18.0 Å². The second-order valence-corrected chi connectivity index (χ2v) is 5.86. The Labute approximate surface area is 114 Å². The molecule has 1 aromatic rings. The van der Waals surface area contributed by atoms with Gasteiger partial charge in [0, 0.05) is 12.1 Å². The molecule has 0 radical (unpaired) electrons. The molecule has 5 heteroatoms. The van der Waals surface area contributed by atoms with Gasteiger partial charge in [-0.2, -0.15) is 0 Å². The van der Waals surface area contributed by atoms with Crippen LogP contribution in [0.2, 0.25) is 0 Å². The van der Waals surface area contributed by atoms with E-state index in [0.717, 1.165) is 47.9 Å². The van der Waals surface area contributed by atoms with E-state index in [1.165, 1.54) is 25.7 Å². The average Bonchev–Trinajstić information content (AvgIpc) is 3.06. The average molecular weight is 261 g/mol. The Morgan fingerprint density at radius 3 is 2.74 bits per heavy atom. The Kier molecular flexibility index (Phi) is 3.55. The topological polar surface area (TPSA) is 75.9 Å². The van der Waals surface area contributed by atoms with Crippen LogP contribution in [0.5, 0.6) is 0 Å². The highest BCUT2D eigenvalue weighted by atomic mass is 15.3. The first-order chi connectivity index (χ1) is 9.31. The van der Waals surface area contributed by atoms with E-state index in [4.69, 9.17) is 5.84 Å². The highest BCUT2D eigenvalue weighted by molar-refractivity contribution is 5.56. The van der Waals surface area contributed by atoms with Crippen LogP contribution in [0.15, 0.2) is 6.33 Å². The number of aromatic nitrogens is 2. The molecule has 0 aliphatic heterocycles. The predicted octanol–water partition coefficient (Wildman–Crippen LogP) is 2.17. The molecule has 0 aromatic carbocycles. The number of nitrogens with two attached hydrogens (primary N) is 1. The predicted molar refractivity (Wildman–Crippen MR) is 76.6 cm³/mol. The van der Waals surface area contributed by atoms with E-state index in [1.807, 2.05) is 0 Å². The van der Waals surface area contributed by atoms with Gasteiger partial charge in [-0.3, -0.25) is 0 Å². The number of nitrogen functional groups attached to an aromatic ring is 1. The summed E-state index contributed by atoms with van der Waals surface area (Å²) >= 11 is 0. The van der Waals surface area contributed by atoms with Gasteiger partial charge in [-0.25, -0.2) is 15.8 Å². The second-order valence-electron chi connectivity index (χ2n) is 5.86. The van der Waals surface area contributed by atoms with Crippen LogP contribution in [-0.4, -0.2) is 16.5 Å². The van der Waals surface area contributed by atoms with Crippen molar-refractivity contribution in [2.75, 3.05) is 17.3 Å². The molecule has 2 aliphatic rings. The van der Waals surface area contributed by atoms with Crippen LogP contribution in [-0.2, 0) is 6.42 Å². The molecule has 2 bridgehead atoms. The molecule has 2 aliphatic carbocycles. The SMILES string of the molecule is CCc1c(NN)ncnc1NCC1CC2CCC1C2. The second kappa shape index (κ2) is 5.33. The fourth-order valence-corrected chi connectivity index (χ4v) is 3.88. The summed E-state index contributed by atoms with van der Waals surface area (Å²) in [6.07, 6.45) is 8.17. The number of rotatable bonds is 5. The van der Waals surface area contributed by atoms with Gasteiger partial charge in [0.15, 0.2) is 0 Å². The number of nitrogens with one attached hydrogen (secondary N) is 2. The van der Waals surface area contributed by atoms with E-state index in [9.17, 15) is 0 Å². The summed E-state index contributed by atoms with van der Waals surface area (Å²) in [4.78, 5) is 8.52. The van der Waals surface area contributed by atoms with Gasteiger partial charge in [0.05, 0.1) is 0 Å². The van der Waals surface area contributed by atoms with Gasteiger partial charge in [0.2, 0.25) is 0 Å². The van der Waals surface area contributed by atoms with Crippen molar-refractivity contribution in [1.82, 2.24) is 9.97 Å². The van der Waals surface area contributed by atoms with Crippen molar-refractivity contribution in [1.29, 1.82) is 0 Å². The van der Waals surface area contributed by atoms with Crippen LogP contribution in [0.4, 0.5) is 11.6 Å². The van der Waals surface area contributed by atoms with Crippen LogP contribution in [0, 0.1) is 17.8 Å². The largest absolute Gasteiger partial charge is 0.369 e. The van der Waals surface area contributed by atoms with E-state index in [2.05, 4.69) is 27.6 Å². The van der Waals surface area contributed by atoms with Crippen molar-refractivity contribution in [3.8, 4) is 0 Å². The number of nitrogens with zero attached hydrogens (tertiary/aromatic N) is 2. The molecule has 0 spiro atoms. The molecule has 3 atom stereocenters. The highest BCUT2D eigenvalue weighted by Gasteiger charge is 2.39. The first kappa shape index (κ1) is 12.7. The van der Waals surface area contributed by atoms with E-state index in [1.54, 1.807) is 6.33 Å². The van der Waals surface area contributed by atoms with Crippen LogP contribution in [0.3, 0.4) is 0 Å². The van der Waals surface area contributed by atoms with Crippen LogP contribution < -0.4 is 16.6 Å². The standard InChI is InChI=1S/C14H23N5/c1-2-12-13(17-8-18-14(12)19-15)16-7-11-6-9-3-4-10(11)5-9/h8-11H,2-7,15H2,1H3,(H2,16,17,18,19). The van der Waals surface area contributed by atoms with Crippen molar-refractivity contribution in [2.45, 2.75) is 39.0 Å². The maximum Gasteiger partial charge on any atom is 0.148 e. The molecule has 3 rings (SSSR count). The molecule has 1 heterocycles. The summed E-state index contributed by atoms with van der Waals surface area (Å²) in [6, 6.07) is 0. The molecule has 0 amide bonds. The van der Waals surface area contributed by atoms with E-state index in [0.29, 0.717) is 0 Å². The summed E-state index contributed by atoms with van der Waals surface area (Å²) in [6.45, 7) is 3.14. The van der Waals surface area contributed by atoms with Crippen molar-refractivity contribution in [3.63, 3.8) is 0 Å². The normalized spacial score (nSPS) is 28.6. The van der Waals surface area contributed by atoms with Gasteiger partial charge >= 0.3 is 0 Å². The molecular formula is C14H23N5. The van der Waals surface area contributed by atoms with E-state index >= 15 is 0 Å². The lowest BCUT2D eigenvalue weighted by atomic mass is 9.89. The van der Waals surface area contributed by atoms with Gasteiger partial charge in [-0.15, -0.1) is 0 Å². The number of anilines is 2. The quantitative estimate of drug-likeness (QED) is 0.559. The molecular weight excluding hydrogens is 238 g/mol. The van der Waals surface area contributed by atoms with Gasteiger partial charge in [-0.1, -0.05) is 13.3 Å². The van der Waals surface area contributed by atoms with Crippen molar-refractivity contribution in [2.24, 2.45) is 23.6 Å². The number of hydrogen-bond donors (Lipinski definition) is 3. The van der Waals surface area contributed by atoms with Crippen molar-refractivity contribution < 1.29 is 0 Å². The molecule has 0 saturated heterocycles. The summed E-state index contributed by atoms with van der Waals surface area (Å²) in [5.41, 5.74) is 3.73. The number of hydrazine groups is 1. The maximum absolute atomic E-state index is 5.49. The van der Waals surface area contributed by atoms with Crippen LogP contribution in [0.1, 0.15) is 38.2 Å². The minimum absolute atomic E-state index is 0.730. The Morgan fingerprint density at radius 1 is 1.26 bits per heavy atom. The molecule has 19 heavy (non-hydrogen) atoms. The van der Waals surface area contributed by atoms with Crippen LogP contribution >= 0.6 is 0 Å². The number of hydrogen-bond acceptors (Lipinski definition) is 5. The highest BCUT2D eigenvalue weighted by Crippen LogP contribution is 2.48. The van der Waals surface area contributed by atoms with Crippen LogP contribution in [0.25, 0.3) is 0 Å². The minimum Gasteiger partial charge on any atom is -0.369 e. The molecule has 2 fully saturated rings. The lowest BCUT2D eigenvalue weighted by molar-refractivity contribution is 0.348. The Morgan fingerprint density at radius 2 is 2.11 bits per heavy atom. The van der Waals surface area contributed by atoms with Gasteiger partial charge in [-0.05, 0) is 43.4 Å². The smallest absolute Gasteiger partial charge is 0.148 e. The summed E-state index contributed by atoms with van der Waals surface area (Å²) < 4.78 is 0. The molecule has 1 aromatic heterocycles. The third-order valence-corrected chi connectivity index (χ3v) is 4.85.